The van der Waals surface area contributed by atoms with Gasteiger partial charge in [-0.1, -0.05) is 42.5 Å². The first-order valence-electron chi connectivity index (χ1n) is 14.9. The predicted octanol–water partition coefficient (Wildman–Crippen LogP) is 8.42. The maximum absolute atomic E-state index is 6.38. The van der Waals surface area contributed by atoms with Crippen molar-refractivity contribution in [2.24, 2.45) is 0 Å². The lowest BCUT2D eigenvalue weighted by molar-refractivity contribution is 0.867. The third-order valence-electron chi connectivity index (χ3n) is 7.78. The van der Waals surface area contributed by atoms with Crippen LogP contribution >= 0.6 is 0 Å². The quantitative estimate of drug-likeness (QED) is 0.0927. The largest absolute Gasteiger partial charge is 0.399 e. The van der Waals surface area contributed by atoms with E-state index >= 15 is 0 Å². The van der Waals surface area contributed by atoms with E-state index in [4.69, 9.17) is 17.2 Å². The molecule has 1 aliphatic carbocycles. The summed E-state index contributed by atoms with van der Waals surface area (Å²) in [5.41, 5.74) is 30.4. The molecule has 1 unspecified atom stereocenters. The highest BCUT2D eigenvalue weighted by molar-refractivity contribution is 5.66. The molecule has 0 saturated carbocycles. The molecule has 0 radical (unpaired) electrons. The lowest BCUT2D eigenvalue weighted by Crippen LogP contribution is -2.18. The fraction of sp³-hybridized carbons (Fsp3) is 0.105. The maximum Gasteiger partial charge on any atom is 0.0482 e. The minimum absolute atomic E-state index is 0.257. The molecule has 9 N–H and O–H groups in total. The summed E-state index contributed by atoms with van der Waals surface area (Å²) in [4.78, 5) is 0. The van der Waals surface area contributed by atoms with Gasteiger partial charge in [0.05, 0.1) is 0 Å². The van der Waals surface area contributed by atoms with Gasteiger partial charge in [-0.05, 0) is 133 Å². The second kappa shape index (κ2) is 13.1. The first-order valence-corrected chi connectivity index (χ1v) is 14.9. The summed E-state index contributed by atoms with van der Waals surface area (Å²) in [5.74, 6) is 0. The third kappa shape index (κ3) is 7.61. The van der Waals surface area contributed by atoms with Crippen LogP contribution in [0, 0.1) is 0 Å². The molecule has 0 aromatic heterocycles. The number of benzene rings is 5. The summed E-state index contributed by atoms with van der Waals surface area (Å²) in [7, 11) is 0. The van der Waals surface area contributed by atoms with Crippen molar-refractivity contribution in [1.82, 2.24) is 0 Å². The first kappa shape index (κ1) is 28.5. The minimum Gasteiger partial charge on any atom is -0.399 e. The Morgan fingerprint density at radius 3 is 1.59 bits per heavy atom. The smallest absolute Gasteiger partial charge is 0.0482 e. The normalized spacial score (nSPS) is 14.1. The van der Waals surface area contributed by atoms with E-state index in [2.05, 4.69) is 88.8 Å². The molecule has 0 heterocycles. The summed E-state index contributed by atoms with van der Waals surface area (Å²) in [6, 6.07) is 39.2. The molecule has 0 aliphatic heterocycles. The average molecular weight is 579 g/mol. The second-order valence-electron chi connectivity index (χ2n) is 11.3. The van der Waals surface area contributed by atoms with E-state index in [-0.39, 0.29) is 6.04 Å². The summed E-state index contributed by atoms with van der Waals surface area (Å²) >= 11 is 0. The summed E-state index contributed by atoms with van der Waals surface area (Å²) in [6.45, 7) is 0. The lowest BCUT2D eigenvalue weighted by Gasteiger charge is -2.20. The number of nitrogen functional groups attached to an aromatic ring is 3. The van der Waals surface area contributed by atoms with Crippen LogP contribution in [-0.2, 0) is 12.8 Å². The first-order chi connectivity index (χ1) is 21.4. The highest BCUT2D eigenvalue weighted by atomic mass is 14.9. The highest BCUT2D eigenvalue weighted by Crippen LogP contribution is 2.27. The lowest BCUT2D eigenvalue weighted by atomic mass is 9.96. The molecule has 44 heavy (non-hydrogen) atoms. The van der Waals surface area contributed by atoms with Gasteiger partial charge in [-0.2, -0.15) is 0 Å². The van der Waals surface area contributed by atoms with Gasteiger partial charge in [0.15, 0.2) is 0 Å². The molecular formula is C38H38N6. The monoisotopic (exact) mass is 578 g/mol. The van der Waals surface area contributed by atoms with Gasteiger partial charge < -0.3 is 33.2 Å². The Morgan fingerprint density at radius 1 is 0.545 bits per heavy atom. The molecule has 5 aromatic rings. The Bertz CT molecular complexity index is 1750. The third-order valence-corrected chi connectivity index (χ3v) is 7.78. The van der Waals surface area contributed by atoms with Crippen molar-refractivity contribution in [3.8, 4) is 0 Å². The molecule has 1 atom stereocenters. The zero-order valence-electron chi connectivity index (χ0n) is 24.6. The Labute approximate surface area is 259 Å². The van der Waals surface area contributed by atoms with Crippen molar-refractivity contribution in [3.05, 3.63) is 156 Å². The predicted molar refractivity (Wildman–Crippen MR) is 188 cm³/mol. The number of nitrogens with two attached hydrogens (primary N) is 3. The SMILES string of the molecule is Nc1ccc(Nc2ccc(Cc3ccc(Nc4ccc(N)c(CC5=CCC(Nc6ccc(N)cc6)C=C5)c4)cc3)cc2)cc1. The standard InChI is InChI=1S/C38H38N6/c39-30-7-17-35(18-8-30)42-32-11-1-26(2-12-32)23-27-3-13-34(14-4-27)44-37-21-22-38(41)29(25-37)24-28-5-15-33(16-6-28)43-36-19-9-31(40)10-20-36/h1-15,17-22,25,33,42-44H,16,23-24,39-41H2. The molecule has 0 saturated heterocycles. The molecule has 220 valence electrons. The van der Waals surface area contributed by atoms with E-state index in [1.165, 1.54) is 16.7 Å². The minimum atomic E-state index is 0.257. The van der Waals surface area contributed by atoms with E-state index in [0.29, 0.717) is 0 Å². The Kier molecular flexibility index (Phi) is 8.50. The van der Waals surface area contributed by atoms with E-state index in [0.717, 1.165) is 70.3 Å². The van der Waals surface area contributed by atoms with Gasteiger partial charge in [-0.25, -0.2) is 0 Å². The molecule has 6 nitrogen and oxygen atoms in total. The summed E-state index contributed by atoms with van der Waals surface area (Å²) < 4.78 is 0. The van der Waals surface area contributed by atoms with Crippen molar-refractivity contribution >= 4 is 45.5 Å². The zero-order valence-corrected chi connectivity index (χ0v) is 24.6. The van der Waals surface area contributed by atoms with Gasteiger partial charge in [-0.15, -0.1) is 0 Å². The molecule has 5 aromatic carbocycles. The fourth-order valence-electron chi connectivity index (χ4n) is 5.30. The molecule has 0 amide bonds. The van der Waals surface area contributed by atoms with Gasteiger partial charge in [0.2, 0.25) is 0 Å². The van der Waals surface area contributed by atoms with Crippen LogP contribution in [0.25, 0.3) is 0 Å². The van der Waals surface area contributed by atoms with E-state index < -0.39 is 0 Å². The van der Waals surface area contributed by atoms with Crippen molar-refractivity contribution in [1.29, 1.82) is 0 Å². The average Bonchev–Trinajstić information content (AvgIpc) is 3.04. The Morgan fingerprint density at radius 2 is 1.05 bits per heavy atom. The van der Waals surface area contributed by atoms with E-state index in [9.17, 15) is 0 Å². The van der Waals surface area contributed by atoms with Crippen LogP contribution in [-0.4, -0.2) is 6.04 Å². The zero-order chi connectivity index (χ0) is 30.3. The van der Waals surface area contributed by atoms with Crippen LogP contribution in [0.2, 0.25) is 0 Å². The number of anilines is 8. The van der Waals surface area contributed by atoms with Gasteiger partial charge in [0, 0.05) is 51.5 Å². The molecular weight excluding hydrogens is 540 g/mol. The summed E-state index contributed by atoms with van der Waals surface area (Å²) in [5, 5.41) is 10.5. The van der Waals surface area contributed by atoms with Gasteiger partial charge in [0.1, 0.15) is 0 Å². The molecule has 1 aliphatic rings. The van der Waals surface area contributed by atoms with Gasteiger partial charge >= 0.3 is 0 Å². The van der Waals surface area contributed by atoms with Crippen LogP contribution in [0.1, 0.15) is 23.1 Å². The number of allylic oxidation sites excluding steroid dienone is 2. The number of hydrogen-bond acceptors (Lipinski definition) is 6. The van der Waals surface area contributed by atoms with Gasteiger partial charge in [-0.3, -0.25) is 0 Å². The van der Waals surface area contributed by atoms with Crippen LogP contribution in [0.15, 0.2) is 139 Å². The molecule has 0 spiro atoms. The number of nitrogens with one attached hydrogen (secondary N) is 3. The number of rotatable bonds is 10. The van der Waals surface area contributed by atoms with Gasteiger partial charge in [0.25, 0.3) is 0 Å². The second-order valence-corrected chi connectivity index (χ2v) is 11.3. The molecule has 0 bridgehead atoms. The van der Waals surface area contributed by atoms with Crippen LogP contribution < -0.4 is 33.2 Å². The van der Waals surface area contributed by atoms with Crippen LogP contribution in [0.4, 0.5) is 45.5 Å². The Balaban J connectivity index is 1.02. The Hall–Kier alpha value is -5.62. The molecule has 6 heteroatoms. The molecule has 0 fully saturated rings. The number of hydrogen-bond donors (Lipinski definition) is 6. The van der Waals surface area contributed by atoms with Crippen molar-refractivity contribution in [2.75, 3.05) is 33.2 Å². The van der Waals surface area contributed by atoms with Crippen molar-refractivity contribution < 1.29 is 0 Å². The van der Waals surface area contributed by atoms with Crippen LogP contribution in [0.3, 0.4) is 0 Å². The maximum atomic E-state index is 6.38. The highest BCUT2D eigenvalue weighted by Gasteiger charge is 2.11. The van der Waals surface area contributed by atoms with Crippen molar-refractivity contribution in [3.63, 3.8) is 0 Å². The summed E-state index contributed by atoms with van der Waals surface area (Å²) in [6.07, 6.45) is 9.29. The van der Waals surface area contributed by atoms with E-state index in [1.54, 1.807) is 0 Å². The van der Waals surface area contributed by atoms with E-state index in [1.807, 2.05) is 60.7 Å². The topological polar surface area (TPSA) is 114 Å². The fourth-order valence-corrected chi connectivity index (χ4v) is 5.30. The van der Waals surface area contributed by atoms with Crippen molar-refractivity contribution in [2.45, 2.75) is 25.3 Å². The molecule has 6 rings (SSSR count). The van der Waals surface area contributed by atoms with Crippen LogP contribution in [0.5, 0.6) is 0 Å².